The highest BCUT2D eigenvalue weighted by atomic mass is 16.5. The SMILES string of the molecule is CC(C)=COc1ccc(CCNC(=O)c2ccccc2)cc1. The normalized spacial score (nSPS) is 9.91. The molecule has 0 fully saturated rings. The van der Waals surface area contributed by atoms with E-state index < -0.39 is 0 Å². The number of carbonyl (C=O) groups excluding carboxylic acids is 1. The molecule has 2 aromatic carbocycles. The van der Waals surface area contributed by atoms with Crippen LogP contribution in [0.2, 0.25) is 0 Å². The average molecular weight is 295 g/mol. The molecule has 0 bridgehead atoms. The van der Waals surface area contributed by atoms with Gasteiger partial charge in [-0.1, -0.05) is 30.3 Å². The van der Waals surface area contributed by atoms with Crippen LogP contribution in [-0.2, 0) is 6.42 Å². The number of nitrogens with one attached hydrogen (secondary N) is 1. The van der Waals surface area contributed by atoms with Gasteiger partial charge in [-0.15, -0.1) is 0 Å². The zero-order valence-electron chi connectivity index (χ0n) is 13.0. The van der Waals surface area contributed by atoms with E-state index >= 15 is 0 Å². The first-order valence-electron chi connectivity index (χ1n) is 7.37. The number of rotatable bonds is 6. The van der Waals surface area contributed by atoms with Gasteiger partial charge in [-0.3, -0.25) is 4.79 Å². The van der Waals surface area contributed by atoms with Gasteiger partial charge < -0.3 is 10.1 Å². The molecule has 1 amide bonds. The van der Waals surface area contributed by atoms with Crippen molar-refractivity contribution in [2.24, 2.45) is 0 Å². The first-order valence-corrected chi connectivity index (χ1v) is 7.37. The maximum absolute atomic E-state index is 11.9. The van der Waals surface area contributed by atoms with Crippen molar-refractivity contribution in [2.45, 2.75) is 20.3 Å². The van der Waals surface area contributed by atoms with E-state index in [-0.39, 0.29) is 5.91 Å². The van der Waals surface area contributed by atoms with Gasteiger partial charge in [0.15, 0.2) is 0 Å². The Morgan fingerprint density at radius 1 is 1.05 bits per heavy atom. The summed E-state index contributed by atoms with van der Waals surface area (Å²) >= 11 is 0. The highest BCUT2D eigenvalue weighted by Gasteiger charge is 2.03. The van der Waals surface area contributed by atoms with Crippen LogP contribution in [0.4, 0.5) is 0 Å². The molecule has 0 saturated carbocycles. The summed E-state index contributed by atoms with van der Waals surface area (Å²) in [7, 11) is 0. The number of ether oxygens (including phenoxy) is 1. The largest absolute Gasteiger partial charge is 0.465 e. The van der Waals surface area contributed by atoms with Gasteiger partial charge in [0.05, 0.1) is 6.26 Å². The van der Waals surface area contributed by atoms with E-state index in [9.17, 15) is 4.79 Å². The van der Waals surface area contributed by atoms with Crippen LogP contribution in [0.25, 0.3) is 0 Å². The van der Waals surface area contributed by atoms with Crippen LogP contribution in [0.5, 0.6) is 5.75 Å². The molecule has 0 aromatic heterocycles. The Bertz CT molecular complexity index is 626. The number of allylic oxidation sites excluding steroid dienone is 1. The molecule has 22 heavy (non-hydrogen) atoms. The van der Waals surface area contributed by atoms with Crippen molar-refractivity contribution in [1.82, 2.24) is 5.32 Å². The van der Waals surface area contributed by atoms with Crippen molar-refractivity contribution in [2.75, 3.05) is 6.54 Å². The van der Waals surface area contributed by atoms with Gasteiger partial charge in [0.25, 0.3) is 5.91 Å². The summed E-state index contributed by atoms with van der Waals surface area (Å²) in [6.45, 7) is 4.59. The molecule has 0 aliphatic heterocycles. The number of carbonyl (C=O) groups is 1. The summed E-state index contributed by atoms with van der Waals surface area (Å²) in [5.74, 6) is 0.780. The van der Waals surface area contributed by atoms with E-state index in [1.165, 1.54) is 0 Å². The second kappa shape index (κ2) is 8.03. The van der Waals surface area contributed by atoms with E-state index in [1.54, 1.807) is 6.26 Å². The number of amides is 1. The van der Waals surface area contributed by atoms with Crippen molar-refractivity contribution in [3.05, 3.63) is 77.6 Å². The minimum Gasteiger partial charge on any atom is -0.465 e. The Morgan fingerprint density at radius 2 is 1.73 bits per heavy atom. The molecule has 0 aliphatic rings. The molecule has 1 N–H and O–H groups in total. The molecule has 0 aliphatic carbocycles. The number of hydrogen-bond acceptors (Lipinski definition) is 2. The summed E-state index contributed by atoms with van der Waals surface area (Å²) in [6, 6.07) is 17.2. The van der Waals surface area contributed by atoms with Crippen molar-refractivity contribution in [1.29, 1.82) is 0 Å². The van der Waals surface area contributed by atoms with Gasteiger partial charge in [-0.05, 0) is 55.7 Å². The predicted octanol–water partition coefficient (Wildman–Crippen LogP) is 3.96. The average Bonchev–Trinajstić information content (AvgIpc) is 2.55. The van der Waals surface area contributed by atoms with E-state index in [1.807, 2.05) is 68.4 Å². The quantitative estimate of drug-likeness (QED) is 0.819. The lowest BCUT2D eigenvalue weighted by Crippen LogP contribution is -2.25. The zero-order chi connectivity index (χ0) is 15.8. The van der Waals surface area contributed by atoms with Gasteiger partial charge >= 0.3 is 0 Å². The molecule has 0 heterocycles. The van der Waals surface area contributed by atoms with Crippen molar-refractivity contribution < 1.29 is 9.53 Å². The maximum Gasteiger partial charge on any atom is 0.251 e. The van der Waals surface area contributed by atoms with Crippen LogP contribution in [-0.4, -0.2) is 12.5 Å². The molecule has 3 heteroatoms. The fraction of sp³-hybridized carbons (Fsp3) is 0.211. The fourth-order valence-corrected chi connectivity index (χ4v) is 1.93. The molecule has 0 radical (unpaired) electrons. The van der Waals surface area contributed by atoms with Gasteiger partial charge in [0, 0.05) is 12.1 Å². The van der Waals surface area contributed by atoms with Crippen LogP contribution >= 0.6 is 0 Å². The monoisotopic (exact) mass is 295 g/mol. The second-order valence-electron chi connectivity index (χ2n) is 5.33. The Morgan fingerprint density at radius 3 is 2.36 bits per heavy atom. The molecule has 0 atom stereocenters. The zero-order valence-corrected chi connectivity index (χ0v) is 13.0. The standard InChI is InChI=1S/C19H21NO2/c1-15(2)14-22-18-10-8-16(9-11-18)12-13-20-19(21)17-6-4-3-5-7-17/h3-11,14H,12-13H2,1-2H3,(H,20,21). The lowest BCUT2D eigenvalue weighted by molar-refractivity contribution is 0.0954. The molecular formula is C19H21NO2. The highest BCUT2D eigenvalue weighted by Crippen LogP contribution is 2.13. The van der Waals surface area contributed by atoms with Crippen molar-refractivity contribution >= 4 is 5.91 Å². The Balaban J connectivity index is 1.80. The van der Waals surface area contributed by atoms with Gasteiger partial charge in [-0.2, -0.15) is 0 Å². The maximum atomic E-state index is 11.9. The number of benzene rings is 2. The van der Waals surface area contributed by atoms with Crippen LogP contribution in [0.3, 0.4) is 0 Å². The molecule has 2 aromatic rings. The van der Waals surface area contributed by atoms with Gasteiger partial charge in [0.1, 0.15) is 5.75 Å². The van der Waals surface area contributed by atoms with Gasteiger partial charge in [-0.25, -0.2) is 0 Å². The highest BCUT2D eigenvalue weighted by molar-refractivity contribution is 5.94. The molecular weight excluding hydrogens is 274 g/mol. The topological polar surface area (TPSA) is 38.3 Å². The minimum atomic E-state index is -0.0379. The molecule has 2 rings (SSSR count). The number of hydrogen-bond donors (Lipinski definition) is 1. The summed E-state index contributed by atoms with van der Waals surface area (Å²) in [4.78, 5) is 11.9. The first-order chi connectivity index (χ1) is 10.6. The lowest BCUT2D eigenvalue weighted by atomic mass is 10.1. The van der Waals surface area contributed by atoms with Gasteiger partial charge in [0.2, 0.25) is 0 Å². The van der Waals surface area contributed by atoms with E-state index in [0.717, 1.165) is 23.3 Å². The van der Waals surface area contributed by atoms with Crippen LogP contribution in [0, 0.1) is 0 Å². The molecule has 3 nitrogen and oxygen atoms in total. The second-order valence-corrected chi connectivity index (χ2v) is 5.33. The van der Waals surface area contributed by atoms with Crippen molar-refractivity contribution in [3.63, 3.8) is 0 Å². The predicted molar refractivity (Wildman–Crippen MR) is 89.0 cm³/mol. The van der Waals surface area contributed by atoms with E-state index in [4.69, 9.17) is 4.74 Å². The Kier molecular flexibility index (Phi) is 5.78. The molecule has 0 saturated heterocycles. The minimum absolute atomic E-state index is 0.0379. The first kappa shape index (κ1) is 15.8. The van der Waals surface area contributed by atoms with Crippen LogP contribution in [0.15, 0.2) is 66.4 Å². The molecule has 0 unspecified atom stereocenters. The summed E-state index contributed by atoms with van der Waals surface area (Å²) < 4.78 is 5.49. The van der Waals surface area contributed by atoms with E-state index in [0.29, 0.717) is 12.1 Å². The van der Waals surface area contributed by atoms with Crippen LogP contribution < -0.4 is 10.1 Å². The van der Waals surface area contributed by atoms with E-state index in [2.05, 4.69) is 5.32 Å². The smallest absolute Gasteiger partial charge is 0.251 e. The fourth-order valence-electron chi connectivity index (χ4n) is 1.93. The summed E-state index contributed by atoms with van der Waals surface area (Å²) in [5, 5.41) is 2.92. The molecule has 0 spiro atoms. The van der Waals surface area contributed by atoms with Crippen molar-refractivity contribution in [3.8, 4) is 5.75 Å². The van der Waals surface area contributed by atoms with Crippen LogP contribution in [0.1, 0.15) is 29.8 Å². The molecule has 114 valence electrons. The third-order valence-electron chi connectivity index (χ3n) is 3.09. The Hall–Kier alpha value is -2.55. The summed E-state index contributed by atoms with van der Waals surface area (Å²) in [6.07, 6.45) is 2.52. The third-order valence-corrected chi connectivity index (χ3v) is 3.09. The third kappa shape index (κ3) is 5.09. The Labute approximate surface area is 131 Å². The summed E-state index contributed by atoms with van der Waals surface area (Å²) in [5.41, 5.74) is 2.97. The lowest BCUT2D eigenvalue weighted by Gasteiger charge is -2.06.